The largest absolute Gasteiger partial charge is 0.492 e. The number of hydrogen-bond donors (Lipinski definition) is 2. The first kappa shape index (κ1) is 21.8. The average molecular weight is 455 g/mol. The maximum absolute atomic E-state index is 11.5. The van der Waals surface area contributed by atoms with Crippen molar-refractivity contribution >= 4 is 47.4 Å². The Morgan fingerprint density at radius 3 is 2.70 bits per heavy atom. The van der Waals surface area contributed by atoms with Gasteiger partial charge in [-0.15, -0.1) is 24.0 Å². The average Bonchev–Trinajstić information content (AvgIpc) is 2.48. The van der Waals surface area contributed by atoms with E-state index in [0.717, 1.165) is 12.3 Å². The van der Waals surface area contributed by atoms with E-state index < -0.39 is 0 Å². The molecule has 8 heteroatoms. The third-order valence-corrected chi connectivity index (χ3v) is 2.91. The normalized spacial score (nSPS) is 10.5. The Morgan fingerprint density at radius 1 is 1.35 bits per heavy atom. The summed E-state index contributed by atoms with van der Waals surface area (Å²) in [5, 5.41) is 6.83. The number of nitrogens with one attached hydrogen (secondary N) is 2. The molecule has 0 unspecified atom stereocenters. The molecular weight excluding hydrogens is 431 g/mol. The van der Waals surface area contributed by atoms with Crippen molar-refractivity contribution in [3.63, 3.8) is 0 Å². The summed E-state index contributed by atoms with van der Waals surface area (Å²) in [6, 6.07) is 7.24. The number of likely N-dealkylation sites (N-methyl/N-ethyl adjacent to an activating group) is 1. The van der Waals surface area contributed by atoms with E-state index in [1.165, 1.54) is 4.90 Å². The summed E-state index contributed by atoms with van der Waals surface area (Å²) in [5.41, 5.74) is 0. The Labute approximate surface area is 159 Å². The molecule has 0 saturated heterocycles. The van der Waals surface area contributed by atoms with E-state index in [0.29, 0.717) is 24.1 Å². The molecule has 130 valence electrons. The molecule has 0 aliphatic rings. The maximum atomic E-state index is 11.5. The molecule has 0 saturated carbocycles. The molecule has 0 radical (unpaired) electrons. The van der Waals surface area contributed by atoms with Crippen molar-refractivity contribution in [2.45, 2.75) is 6.92 Å². The molecule has 6 nitrogen and oxygen atoms in total. The molecule has 0 fully saturated rings. The van der Waals surface area contributed by atoms with Gasteiger partial charge >= 0.3 is 0 Å². The predicted octanol–water partition coefficient (Wildman–Crippen LogP) is 1.98. The summed E-state index contributed by atoms with van der Waals surface area (Å²) < 4.78 is 5.57. The predicted molar refractivity (Wildman–Crippen MR) is 105 cm³/mol. The first-order chi connectivity index (χ1) is 10.5. The number of rotatable bonds is 7. The van der Waals surface area contributed by atoms with Crippen LogP contribution in [0.4, 0.5) is 0 Å². The minimum atomic E-state index is -0.0487. The minimum Gasteiger partial charge on any atom is -0.492 e. The second kappa shape index (κ2) is 12.2. The van der Waals surface area contributed by atoms with E-state index >= 15 is 0 Å². The Bertz CT molecular complexity index is 512. The van der Waals surface area contributed by atoms with Crippen molar-refractivity contribution in [2.75, 3.05) is 40.3 Å². The topological polar surface area (TPSA) is 66.0 Å². The van der Waals surface area contributed by atoms with Gasteiger partial charge in [0.05, 0.1) is 6.54 Å². The molecule has 1 amide bonds. The molecule has 1 aromatic rings. The number of benzene rings is 1. The SMILES string of the molecule is CCNC(=NCC(=O)N(C)C)NCCOc1cccc(Cl)c1.I. The van der Waals surface area contributed by atoms with Gasteiger partial charge in [0, 0.05) is 25.7 Å². The smallest absolute Gasteiger partial charge is 0.243 e. The second-order valence-corrected chi connectivity index (χ2v) is 5.15. The minimum absolute atomic E-state index is 0. The molecule has 1 aromatic carbocycles. The van der Waals surface area contributed by atoms with Crippen LogP contribution in [0.5, 0.6) is 5.75 Å². The van der Waals surface area contributed by atoms with E-state index in [2.05, 4.69) is 15.6 Å². The van der Waals surface area contributed by atoms with Gasteiger partial charge in [-0.3, -0.25) is 4.79 Å². The van der Waals surface area contributed by atoms with Gasteiger partial charge in [0.25, 0.3) is 0 Å². The standard InChI is InChI=1S/C15H23ClN4O2.HI/c1-4-17-15(19-11-14(21)20(2)3)18-8-9-22-13-7-5-6-12(16)10-13;/h5-7,10H,4,8-9,11H2,1-3H3,(H2,17,18,19);1H. The molecule has 23 heavy (non-hydrogen) atoms. The highest BCUT2D eigenvalue weighted by Crippen LogP contribution is 2.16. The van der Waals surface area contributed by atoms with Crippen LogP contribution in [-0.4, -0.2) is 57.1 Å². The van der Waals surface area contributed by atoms with Gasteiger partial charge in [0.2, 0.25) is 5.91 Å². The summed E-state index contributed by atoms with van der Waals surface area (Å²) >= 11 is 5.89. The van der Waals surface area contributed by atoms with Gasteiger partial charge in [-0.2, -0.15) is 0 Å². The van der Waals surface area contributed by atoms with Crippen LogP contribution in [-0.2, 0) is 4.79 Å². The fourth-order valence-electron chi connectivity index (χ4n) is 1.52. The molecular formula is C15H24ClIN4O2. The summed E-state index contributed by atoms with van der Waals surface area (Å²) in [7, 11) is 3.41. The fraction of sp³-hybridized carbons (Fsp3) is 0.467. The second-order valence-electron chi connectivity index (χ2n) is 4.72. The van der Waals surface area contributed by atoms with E-state index in [9.17, 15) is 4.79 Å². The lowest BCUT2D eigenvalue weighted by Crippen LogP contribution is -2.40. The first-order valence-electron chi connectivity index (χ1n) is 7.13. The van der Waals surface area contributed by atoms with E-state index in [4.69, 9.17) is 16.3 Å². The Hall–Kier alpha value is -1.22. The zero-order valence-corrected chi connectivity index (χ0v) is 16.7. The van der Waals surface area contributed by atoms with Crippen molar-refractivity contribution < 1.29 is 9.53 Å². The summed E-state index contributed by atoms with van der Waals surface area (Å²) in [6.07, 6.45) is 0. The highest BCUT2D eigenvalue weighted by Gasteiger charge is 2.03. The number of amides is 1. The highest BCUT2D eigenvalue weighted by molar-refractivity contribution is 14.0. The van der Waals surface area contributed by atoms with Crippen LogP contribution in [0.15, 0.2) is 29.3 Å². The molecule has 0 atom stereocenters. The zero-order valence-electron chi connectivity index (χ0n) is 13.6. The van der Waals surface area contributed by atoms with Crippen molar-refractivity contribution in [1.29, 1.82) is 0 Å². The summed E-state index contributed by atoms with van der Waals surface area (Å²) in [5.74, 6) is 1.26. The lowest BCUT2D eigenvalue weighted by molar-refractivity contribution is -0.127. The third kappa shape index (κ3) is 9.50. The molecule has 2 N–H and O–H groups in total. The number of hydrogen-bond acceptors (Lipinski definition) is 3. The number of guanidine groups is 1. The highest BCUT2D eigenvalue weighted by atomic mass is 127. The number of halogens is 2. The van der Waals surface area contributed by atoms with Gasteiger partial charge in [-0.25, -0.2) is 4.99 Å². The third-order valence-electron chi connectivity index (χ3n) is 2.67. The van der Waals surface area contributed by atoms with Crippen molar-refractivity contribution in [3.05, 3.63) is 29.3 Å². The van der Waals surface area contributed by atoms with Gasteiger partial charge in [0.1, 0.15) is 18.9 Å². The van der Waals surface area contributed by atoms with Gasteiger partial charge < -0.3 is 20.3 Å². The number of aliphatic imine (C=N–C) groups is 1. The molecule has 0 aliphatic heterocycles. The first-order valence-corrected chi connectivity index (χ1v) is 7.51. The lowest BCUT2D eigenvalue weighted by atomic mass is 10.3. The Morgan fingerprint density at radius 2 is 2.09 bits per heavy atom. The Balaban J connectivity index is 0.00000484. The van der Waals surface area contributed by atoms with Crippen molar-refractivity contribution in [2.24, 2.45) is 4.99 Å². The van der Waals surface area contributed by atoms with Crippen molar-refractivity contribution in [3.8, 4) is 5.75 Å². The van der Waals surface area contributed by atoms with Gasteiger partial charge in [-0.1, -0.05) is 17.7 Å². The number of nitrogens with zero attached hydrogens (tertiary/aromatic N) is 2. The van der Waals surface area contributed by atoms with E-state index in [1.54, 1.807) is 26.2 Å². The number of carbonyl (C=O) groups is 1. The molecule has 0 spiro atoms. The van der Waals surface area contributed by atoms with Crippen LogP contribution < -0.4 is 15.4 Å². The number of ether oxygens (including phenoxy) is 1. The number of carbonyl (C=O) groups excluding carboxylic acids is 1. The molecule has 0 aliphatic carbocycles. The van der Waals surface area contributed by atoms with Crippen LogP contribution in [0, 0.1) is 0 Å². The van der Waals surface area contributed by atoms with Crippen LogP contribution in [0.3, 0.4) is 0 Å². The molecule has 0 heterocycles. The zero-order chi connectivity index (χ0) is 16.4. The van der Waals surface area contributed by atoms with Gasteiger partial charge in [0.15, 0.2) is 5.96 Å². The quantitative estimate of drug-likeness (QED) is 0.286. The van der Waals surface area contributed by atoms with Gasteiger partial charge in [-0.05, 0) is 25.1 Å². The van der Waals surface area contributed by atoms with E-state index in [-0.39, 0.29) is 36.4 Å². The van der Waals surface area contributed by atoms with Crippen LogP contribution >= 0.6 is 35.6 Å². The molecule has 1 rings (SSSR count). The van der Waals surface area contributed by atoms with E-state index in [1.807, 2.05) is 19.1 Å². The lowest BCUT2D eigenvalue weighted by Gasteiger charge is -2.13. The molecule has 0 bridgehead atoms. The summed E-state index contributed by atoms with van der Waals surface area (Å²) in [4.78, 5) is 17.3. The molecule has 0 aromatic heterocycles. The fourth-order valence-corrected chi connectivity index (χ4v) is 1.71. The van der Waals surface area contributed by atoms with Crippen molar-refractivity contribution in [1.82, 2.24) is 15.5 Å². The monoisotopic (exact) mass is 454 g/mol. The maximum Gasteiger partial charge on any atom is 0.243 e. The van der Waals surface area contributed by atoms with Crippen LogP contribution in [0.25, 0.3) is 0 Å². The summed E-state index contributed by atoms with van der Waals surface area (Å²) in [6.45, 7) is 3.82. The van der Waals surface area contributed by atoms with Crippen LogP contribution in [0.2, 0.25) is 5.02 Å². The Kier molecular flexibility index (Phi) is 11.6. The van der Waals surface area contributed by atoms with Crippen LogP contribution in [0.1, 0.15) is 6.92 Å².